The van der Waals surface area contributed by atoms with Gasteiger partial charge in [0.15, 0.2) is 5.96 Å². The van der Waals surface area contributed by atoms with Crippen molar-refractivity contribution in [2.24, 2.45) is 4.99 Å². The van der Waals surface area contributed by atoms with E-state index in [0.717, 1.165) is 5.56 Å². The molecule has 0 aliphatic carbocycles. The molecule has 3 N–H and O–H groups in total. The second-order valence-corrected chi connectivity index (χ2v) is 5.80. The van der Waals surface area contributed by atoms with Crippen LogP contribution in [0.4, 0.5) is 4.39 Å². The highest BCUT2D eigenvalue weighted by atomic mass is 19.1. The molecule has 134 valence electrons. The molecule has 6 heteroatoms. The lowest BCUT2D eigenvalue weighted by Crippen LogP contribution is -2.38. The Morgan fingerprint density at radius 2 is 2.04 bits per heavy atom. The zero-order valence-electron chi connectivity index (χ0n) is 14.9. The van der Waals surface area contributed by atoms with Crippen LogP contribution in [0.1, 0.15) is 29.7 Å². The Kier molecular flexibility index (Phi) is 6.22. The number of hydrogen-bond donors (Lipinski definition) is 3. The van der Waals surface area contributed by atoms with E-state index in [0.29, 0.717) is 29.4 Å². The number of hydrogen-bond acceptors (Lipinski definition) is 3. The van der Waals surface area contributed by atoms with Gasteiger partial charge in [-0.25, -0.2) is 4.39 Å². The number of nitrogens with one attached hydrogen (secondary N) is 2. The Bertz CT molecular complexity index is 762. The summed E-state index contributed by atoms with van der Waals surface area (Å²) in [4.78, 5) is 4.17. The first-order valence-electron chi connectivity index (χ1n) is 8.03. The van der Waals surface area contributed by atoms with Crippen molar-refractivity contribution in [3.63, 3.8) is 0 Å². The molecule has 0 spiro atoms. The SMILES string of the molecule is CN=C(NCc1cc(OC)ccc1O)NC(C)c1ccc(C)c(F)c1. The molecule has 2 rings (SSSR count). The van der Waals surface area contributed by atoms with Gasteiger partial charge in [-0.2, -0.15) is 0 Å². The fourth-order valence-corrected chi connectivity index (χ4v) is 2.37. The molecule has 2 aromatic rings. The zero-order valence-corrected chi connectivity index (χ0v) is 14.9. The number of guanidine groups is 1. The quantitative estimate of drug-likeness (QED) is 0.575. The van der Waals surface area contributed by atoms with Crippen LogP contribution in [0.3, 0.4) is 0 Å². The molecule has 25 heavy (non-hydrogen) atoms. The van der Waals surface area contributed by atoms with Crippen LogP contribution in [-0.2, 0) is 6.54 Å². The molecule has 0 aromatic heterocycles. The smallest absolute Gasteiger partial charge is 0.191 e. The maximum atomic E-state index is 13.7. The largest absolute Gasteiger partial charge is 0.508 e. The van der Waals surface area contributed by atoms with Gasteiger partial charge in [-0.05, 0) is 49.2 Å². The van der Waals surface area contributed by atoms with E-state index >= 15 is 0 Å². The Balaban J connectivity index is 2.02. The van der Waals surface area contributed by atoms with Gasteiger partial charge in [0.1, 0.15) is 17.3 Å². The monoisotopic (exact) mass is 345 g/mol. The summed E-state index contributed by atoms with van der Waals surface area (Å²) in [5, 5.41) is 16.3. The van der Waals surface area contributed by atoms with Crippen molar-refractivity contribution in [3.8, 4) is 11.5 Å². The first kappa shape index (κ1) is 18.6. The Labute approximate surface area is 147 Å². The molecular weight excluding hydrogens is 321 g/mol. The normalized spacial score (nSPS) is 12.6. The molecule has 0 amide bonds. The van der Waals surface area contributed by atoms with Crippen molar-refractivity contribution in [1.29, 1.82) is 0 Å². The molecule has 0 heterocycles. The summed E-state index contributed by atoms with van der Waals surface area (Å²) in [6.07, 6.45) is 0. The number of ether oxygens (including phenoxy) is 1. The summed E-state index contributed by atoms with van der Waals surface area (Å²) in [5.41, 5.74) is 2.14. The number of methoxy groups -OCH3 is 1. The number of aliphatic imine (C=N–C) groups is 1. The van der Waals surface area contributed by atoms with E-state index in [4.69, 9.17) is 4.74 Å². The van der Waals surface area contributed by atoms with E-state index in [1.165, 1.54) is 6.07 Å². The number of benzene rings is 2. The van der Waals surface area contributed by atoms with E-state index < -0.39 is 0 Å². The molecule has 1 atom stereocenters. The lowest BCUT2D eigenvalue weighted by atomic mass is 10.1. The second-order valence-electron chi connectivity index (χ2n) is 5.80. The van der Waals surface area contributed by atoms with Crippen molar-refractivity contribution in [1.82, 2.24) is 10.6 Å². The third-order valence-corrected chi connectivity index (χ3v) is 4.01. The molecule has 0 aliphatic rings. The minimum Gasteiger partial charge on any atom is -0.508 e. The number of nitrogens with zero attached hydrogens (tertiary/aromatic N) is 1. The molecule has 1 unspecified atom stereocenters. The van der Waals surface area contributed by atoms with Gasteiger partial charge in [-0.1, -0.05) is 12.1 Å². The maximum absolute atomic E-state index is 13.7. The van der Waals surface area contributed by atoms with Crippen LogP contribution in [0, 0.1) is 12.7 Å². The van der Waals surface area contributed by atoms with Crippen LogP contribution >= 0.6 is 0 Å². The van der Waals surface area contributed by atoms with E-state index in [-0.39, 0.29) is 17.6 Å². The van der Waals surface area contributed by atoms with Crippen LogP contribution in [0.15, 0.2) is 41.4 Å². The molecule has 0 saturated carbocycles. The van der Waals surface area contributed by atoms with Gasteiger partial charge in [0, 0.05) is 19.2 Å². The van der Waals surface area contributed by atoms with Crippen molar-refractivity contribution >= 4 is 5.96 Å². The van der Waals surface area contributed by atoms with Crippen molar-refractivity contribution in [3.05, 3.63) is 58.9 Å². The summed E-state index contributed by atoms with van der Waals surface area (Å²) in [7, 11) is 3.23. The third-order valence-electron chi connectivity index (χ3n) is 4.01. The van der Waals surface area contributed by atoms with Gasteiger partial charge in [0.25, 0.3) is 0 Å². The lowest BCUT2D eigenvalue weighted by molar-refractivity contribution is 0.410. The zero-order chi connectivity index (χ0) is 18.4. The minimum absolute atomic E-state index is 0.125. The summed E-state index contributed by atoms with van der Waals surface area (Å²) < 4.78 is 18.9. The Hall–Kier alpha value is -2.76. The first-order valence-corrected chi connectivity index (χ1v) is 8.03. The van der Waals surface area contributed by atoms with Crippen LogP contribution < -0.4 is 15.4 Å². The number of halogens is 1. The average molecular weight is 345 g/mol. The molecule has 0 radical (unpaired) electrons. The Morgan fingerprint density at radius 3 is 2.68 bits per heavy atom. The van der Waals surface area contributed by atoms with Gasteiger partial charge >= 0.3 is 0 Å². The third kappa shape index (κ3) is 4.86. The number of phenols is 1. The molecule has 0 saturated heterocycles. The number of rotatable bonds is 5. The van der Waals surface area contributed by atoms with E-state index in [1.807, 2.05) is 13.0 Å². The predicted molar refractivity (Wildman–Crippen MR) is 97.5 cm³/mol. The minimum atomic E-state index is -0.226. The molecule has 2 aromatic carbocycles. The van der Waals surface area contributed by atoms with E-state index in [9.17, 15) is 9.50 Å². The first-order chi connectivity index (χ1) is 11.9. The fourth-order valence-electron chi connectivity index (χ4n) is 2.37. The van der Waals surface area contributed by atoms with Crippen LogP contribution in [-0.4, -0.2) is 25.2 Å². The standard InChI is InChI=1S/C19H24FN3O2/c1-12-5-6-14(10-17(12)20)13(2)23-19(21-3)22-11-15-9-16(25-4)7-8-18(15)24/h5-10,13,24H,11H2,1-4H3,(H2,21,22,23). The second kappa shape index (κ2) is 8.37. The highest BCUT2D eigenvalue weighted by Crippen LogP contribution is 2.22. The summed E-state index contributed by atoms with van der Waals surface area (Å²) in [6, 6.07) is 10.1. The van der Waals surface area contributed by atoms with Crippen LogP contribution in [0.5, 0.6) is 11.5 Å². The summed E-state index contributed by atoms with van der Waals surface area (Å²) in [5.74, 6) is 1.17. The van der Waals surface area contributed by atoms with Gasteiger partial charge in [0.2, 0.25) is 0 Å². The Morgan fingerprint density at radius 1 is 1.28 bits per heavy atom. The summed E-state index contributed by atoms with van der Waals surface area (Å²) >= 11 is 0. The molecule has 0 fully saturated rings. The van der Waals surface area contributed by atoms with E-state index in [1.54, 1.807) is 45.3 Å². The predicted octanol–water partition coefficient (Wildman–Crippen LogP) is 3.27. The molecule has 0 aliphatic heterocycles. The molecule has 0 bridgehead atoms. The van der Waals surface area contributed by atoms with Crippen molar-refractivity contribution in [2.75, 3.05) is 14.2 Å². The summed E-state index contributed by atoms with van der Waals surface area (Å²) in [6.45, 7) is 4.04. The highest BCUT2D eigenvalue weighted by molar-refractivity contribution is 5.80. The number of aromatic hydroxyl groups is 1. The van der Waals surface area contributed by atoms with Crippen molar-refractivity contribution < 1.29 is 14.2 Å². The topological polar surface area (TPSA) is 65.9 Å². The van der Waals surface area contributed by atoms with Gasteiger partial charge < -0.3 is 20.5 Å². The van der Waals surface area contributed by atoms with Gasteiger partial charge in [-0.3, -0.25) is 4.99 Å². The molecular formula is C19H24FN3O2. The number of aryl methyl sites for hydroxylation is 1. The fraction of sp³-hybridized carbons (Fsp3) is 0.316. The van der Waals surface area contributed by atoms with Gasteiger partial charge in [0.05, 0.1) is 13.2 Å². The highest BCUT2D eigenvalue weighted by Gasteiger charge is 2.11. The number of phenolic OH excluding ortho intramolecular Hbond substituents is 1. The van der Waals surface area contributed by atoms with E-state index in [2.05, 4.69) is 15.6 Å². The molecule has 5 nitrogen and oxygen atoms in total. The average Bonchev–Trinajstić information content (AvgIpc) is 2.61. The lowest BCUT2D eigenvalue weighted by Gasteiger charge is -2.19. The van der Waals surface area contributed by atoms with Crippen molar-refractivity contribution in [2.45, 2.75) is 26.4 Å². The maximum Gasteiger partial charge on any atom is 0.191 e. The van der Waals surface area contributed by atoms with Gasteiger partial charge in [-0.15, -0.1) is 0 Å². The van der Waals surface area contributed by atoms with Crippen LogP contribution in [0.2, 0.25) is 0 Å². The van der Waals surface area contributed by atoms with Crippen LogP contribution in [0.25, 0.3) is 0 Å².